The first-order chi connectivity index (χ1) is 15.5. The van der Waals surface area contributed by atoms with Crippen LogP contribution >= 0.6 is 11.8 Å². The van der Waals surface area contributed by atoms with Crippen molar-refractivity contribution in [2.24, 2.45) is 0 Å². The average molecular weight is 454 g/mol. The van der Waals surface area contributed by atoms with Crippen LogP contribution in [-0.4, -0.2) is 48.7 Å². The minimum atomic E-state index is -0.393. The van der Waals surface area contributed by atoms with Crippen molar-refractivity contribution in [3.05, 3.63) is 60.2 Å². The summed E-state index contributed by atoms with van der Waals surface area (Å²) in [6.07, 6.45) is 0. The van der Waals surface area contributed by atoms with Crippen molar-refractivity contribution in [1.29, 1.82) is 0 Å². The summed E-state index contributed by atoms with van der Waals surface area (Å²) in [7, 11) is 3.17. The van der Waals surface area contributed by atoms with Gasteiger partial charge in [-0.1, -0.05) is 11.8 Å². The Labute approximate surface area is 190 Å². The number of methoxy groups -OCH3 is 2. The molecule has 9 heteroatoms. The number of rotatable bonds is 9. The van der Waals surface area contributed by atoms with Crippen LogP contribution < -0.4 is 14.8 Å². The van der Waals surface area contributed by atoms with Crippen LogP contribution in [0.15, 0.2) is 59.6 Å². The fourth-order valence-corrected chi connectivity index (χ4v) is 3.41. The highest BCUT2D eigenvalue weighted by Crippen LogP contribution is 2.32. The van der Waals surface area contributed by atoms with Gasteiger partial charge in [-0.3, -0.25) is 4.79 Å². The van der Waals surface area contributed by atoms with E-state index in [9.17, 15) is 9.59 Å². The van der Waals surface area contributed by atoms with E-state index in [4.69, 9.17) is 14.2 Å². The zero-order chi connectivity index (χ0) is 22.9. The van der Waals surface area contributed by atoms with Crippen LogP contribution in [0.5, 0.6) is 11.5 Å². The molecule has 1 heterocycles. The molecule has 0 aliphatic heterocycles. The van der Waals surface area contributed by atoms with Crippen LogP contribution in [0.25, 0.3) is 11.3 Å². The number of amides is 1. The third-order valence-corrected chi connectivity index (χ3v) is 5.28. The largest absolute Gasteiger partial charge is 0.497 e. The Morgan fingerprint density at radius 1 is 0.969 bits per heavy atom. The Bertz CT molecular complexity index is 1070. The fraction of sp³-hybridized carbons (Fsp3) is 0.217. The molecule has 0 aliphatic rings. The second kappa shape index (κ2) is 11.1. The lowest BCUT2D eigenvalue weighted by molar-refractivity contribution is -0.113. The summed E-state index contributed by atoms with van der Waals surface area (Å²) in [6.45, 7) is 2.06. The molecule has 0 aliphatic carbocycles. The summed E-state index contributed by atoms with van der Waals surface area (Å²) in [5.74, 6) is 0.899. The smallest absolute Gasteiger partial charge is 0.338 e. The van der Waals surface area contributed by atoms with E-state index in [0.29, 0.717) is 40.1 Å². The summed E-state index contributed by atoms with van der Waals surface area (Å²) < 4.78 is 15.6. The summed E-state index contributed by atoms with van der Waals surface area (Å²) >= 11 is 1.27. The Balaban J connectivity index is 1.56. The molecule has 0 fully saturated rings. The normalized spacial score (nSPS) is 10.3. The molecule has 3 rings (SSSR count). The predicted molar refractivity (Wildman–Crippen MR) is 122 cm³/mol. The Morgan fingerprint density at radius 2 is 1.75 bits per heavy atom. The average Bonchev–Trinajstić information content (AvgIpc) is 2.83. The number of anilines is 1. The standard InChI is InChI=1S/C23H23N3O5S/c1-4-31-23(28)15-5-7-16(8-6-15)24-21(27)14-32-22-12-11-19(25-26-22)18-10-9-17(29-2)13-20(18)30-3/h5-13H,4,14H2,1-3H3,(H,24,27). The predicted octanol–water partition coefficient (Wildman–Crippen LogP) is 4.07. The lowest BCUT2D eigenvalue weighted by atomic mass is 10.1. The zero-order valence-corrected chi connectivity index (χ0v) is 18.8. The number of nitrogens with zero attached hydrogens (tertiary/aromatic N) is 2. The zero-order valence-electron chi connectivity index (χ0n) is 18.0. The number of benzene rings is 2. The van der Waals surface area contributed by atoms with Crippen molar-refractivity contribution in [1.82, 2.24) is 10.2 Å². The van der Waals surface area contributed by atoms with Gasteiger partial charge in [0.1, 0.15) is 16.5 Å². The molecular weight excluding hydrogens is 430 g/mol. The van der Waals surface area contributed by atoms with Gasteiger partial charge in [0, 0.05) is 17.3 Å². The molecule has 1 aromatic heterocycles. The van der Waals surface area contributed by atoms with Gasteiger partial charge in [-0.15, -0.1) is 10.2 Å². The highest BCUT2D eigenvalue weighted by Gasteiger charge is 2.11. The van der Waals surface area contributed by atoms with Crippen LogP contribution in [0.3, 0.4) is 0 Å². The minimum Gasteiger partial charge on any atom is -0.497 e. The first-order valence-corrected chi connectivity index (χ1v) is 10.8. The van der Waals surface area contributed by atoms with Crippen LogP contribution in [-0.2, 0) is 9.53 Å². The third kappa shape index (κ3) is 5.98. The van der Waals surface area contributed by atoms with E-state index in [0.717, 1.165) is 5.56 Å². The molecule has 32 heavy (non-hydrogen) atoms. The maximum absolute atomic E-state index is 12.2. The molecule has 1 amide bonds. The Hall–Kier alpha value is -3.59. The molecule has 0 saturated carbocycles. The second-order valence-corrected chi connectivity index (χ2v) is 7.45. The second-order valence-electron chi connectivity index (χ2n) is 6.46. The number of ether oxygens (including phenoxy) is 3. The molecule has 0 spiro atoms. The van der Waals surface area contributed by atoms with Crippen molar-refractivity contribution in [3.8, 4) is 22.8 Å². The lowest BCUT2D eigenvalue weighted by Crippen LogP contribution is -2.14. The van der Waals surface area contributed by atoms with Gasteiger partial charge in [0.2, 0.25) is 5.91 Å². The van der Waals surface area contributed by atoms with E-state index in [2.05, 4.69) is 15.5 Å². The Kier molecular flexibility index (Phi) is 8.04. The van der Waals surface area contributed by atoms with E-state index in [1.54, 1.807) is 57.5 Å². The van der Waals surface area contributed by atoms with E-state index >= 15 is 0 Å². The molecule has 0 bridgehead atoms. The first-order valence-electron chi connectivity index (χ1n) is 9.80. The van der Waals surface area contributed by atoms with E-state index in [1.165, 1.54) is 11.8 Å². The topological polar surface area (TPSA) is 99.6 Å². The van der Waals surface area contributed by atoms with Gasteiger partial charge in [-0.05, 0) is 55.5 Å². The lowest BCUT2D eigenvalue weighted by Gasteiger charge is -2.10. The van der Waals surface area contributed by atoms with E-state index in [1.807, 2.05) is 18.2 Å². The quantitative estimate of drug-likeness (QED) is 0.382. The molecule has 0 atom stereocenters. The fourth-order valence-electron chi connectivity index (χ4n) is 2.79. The van der Waals surface area contributed by atoms with Gasteiger partial charge < -0.3 is 19.5 Å². The van der Waals surface area contributed by atoms with Crippen LogP contribution in [0, 0.1) is 0 Å². The van der Waals surface area contributed by atoms with Crippen LogP contribution in [0.1, 0.15) is 17.3 Å². The third-order valence-electron chi connectivity index (χ3n) is 4.36. The molecule has 0 radical (unpaired) electrons. The summed E-state index contributed by atoms with van der Waals surface area (Å²) in [5, 5.41) is 11.8. The van der Waals surface area contributed by atoms with Gasteiger partial charge in [-0.2, -0.15) is 0 Å². The van der Waals surface area contributed by atoms with Gasteiger partial charge >= 0.3 is 5.97 Å². The van der Waals surface area contributed by atoms with Gasteiger partial charge in [-0.25, -0.2) is 4.79 Å². The number of carbonyl (C=O) groups excluding carboxylic acids is 2. The van der Waals surface area contributed by atoms with E-state index < -0.39 is 5.97 Å². The maximum atomic E-state index is 12.2. The van der Waals surface area contributed by atoms with Crippen molar-refractivity contribution in [2.75, 3.05) is 31.9 Å². The van der Waals surface area contributed by atoms with Crippen molar-refractivity contribution < 1.29 is 23.8 Å². The number of nitrogens with one attached hydrogen (secondary N) is 1. The molecule has 2 aromatic carbocycles. The van der Waals surface area contributed by atoms with Crippen LogP contribution in [0.4, 0.5) is 5.69 Å². The molecule has 3 aromatic rings. The summed E-state index contributed by atoms with van der Waals surface area (Å²) in [5.41, 5.74) is 2.47. The highest BCUT2D eigenvalue weighted by atomic mass is 32.2. The van der Waals surface area contributed by atoms with E-state index in [-0.39, 0.29) is 11.7 Å². The summed E-state index contributed by atoms with van der Waals surface area (Å²) in [6, 6.07) is 15.6. The number of esters is 1. The SMILES string of the molecule is CCOC(=O)c1ccc(NC(=O)CSc2ccc(-c3ccc(OC)cc3OC)nn2)cc1. The van der Waals surface area contributed by atoms with Crippen molar-refractivity contribution in [3.63, 3.8) is 0 Å². The molecule has 0 saturated heterocycles. The number of carbonyl (C=O) groups is 2. The monoisotopic (exact) mass is 453 g/mol. The van der Waals surface area contributed by atoms with Crippen LogP contribution in [0.2, 0.25) is 0 Å². The highest BCUT2D eigenvalue weighted by molar-refractivity contribution is 7.99. The molecule has 1 N–H and O–H groups in total. The maximum Gasteiger partial charge on any atom is 0.338 e. The number of aromatic nitrogens is 2. The number of hydrogen-bond acceptors (Lipinski definition) is 8. The van der Waals surface area contributed by atoms with Gasteiger partial charge in [0.15, 0.2) is 0 Å². The molecular formula is C23H23N3O5S. The molecule has 0 unspecified atom stereocenters. The van der Waals surface area contributed by atoms with Gasteiger partial charge in [0.05, 0.1) is 37.8 Å². The van der Waals surface area contributed by atoms with Crippen molar-refractivity contribution in [2.45, 2.75) is 11.9 Å². The number of hydrogen-bond donors (Lipinski definition) is 1. The summed E-state index contributed by atoms with van der Waals surface area (Å²) in [4.78, 5) is 23.9. The first kappa shape index (κ1) is 23.1. The Morgan fingerprint density at radius 3 is 2.38 bits per heavy atom. The number of thioether (sulfide) groups is 1. The van der Waals surface area contributed by atoms with Gasteiger partial charge in [0.25, 0.3) is 0 Å². The minimum absolute atomic E-state index is 0.166. The molecule has 8 nitrogen and oxygen atoms in total. The molecule has 166 valence electrons. The van der Waals surface area contributed by atoms with Crippen molar-refractivity contribution >= 4 is 29.3 Å².